The number of hydrogen-bond donors (Lipinski definition) is 2. The zero-order chi connectivity index (χ0) is 30.5. The number of rotatable bonds is 17. The molecule has 1 amide bonds. The van der Waals surface area contributed by atoms with Crippen LogP contribution in [0.1, 0.15) is 77.8 Å². The summed E-state index contributed by atoms with van der Waals surface area (Å²) >= 11 is 0. The van der Waals surface area contributed by atoms with E-state index in [1.807, 2.05) is 91.0 Å². The van der Waals surface area contributed by atoms with Crippen molar-refractivity contribution in [2.75, 3.05) is 13.4 Å². The summed E-state index contributed by atoms with van der Waals surface area (Å²) in [5.41, 5.74) is 0.778. The Bertz CT molecular complexity index is 1210. The van der Waals surface area contributed by atoms with Crippen molar-refractivity contribution in [3.8, 4) is 0 Å². The van der Waals surface area contributed by atoms with Gasteiger partial charge in [-0.15, -0.1) is 0 Å². The van der Waals surface area contributed by atoms with E-state index in [0.717, 1.165) is 48.0 Å². The Balaban J connectivity index is 1.69. The van der Waals surface area contributed by atoms with E-state index in [9.17, 15) is 14.3 Å². The molecule has 3 aromatic carbocycles. The lowest BCUT2D eigenvalue weighted by Crippen LogP contribution is -2.66. The number of hydrogen-bond acceptors (Lipinski definition) is 5. The van der Waals surface area contributed by atoms with Gasteiger partial charge >= 0.3 is 7.82 Å². The Labute approximate surface area is 252 Å². The summed E-state index contributed by atoms with van der Waals surface area (Å²) in [6, 6.07) is 28.6. The summed E-state index contributed by atoms with van der Waals surface area (Å²) in [6.45, 7) is 7.85. The van der Waals surface area contributed by atoms with Crippen LogP contribution in [-0.4, -0.2) is 32.5 Å². The number of benzene rings is 3. The highest BCUT2D eigenvalue weighted by Gasteiger charge is 2.50. The number of carbonyl (C=O) groups excluding carboxylic acids is 1. The molecule has 0 heterocycles. The van der Waals surface area contributed by atoms with Crippen molar-refractivity contribution in [1.82, 2.24) is 5.32 Å². The Morgan fingerprint density at radius 1 is 0.833 bits per heavy atom. The van der Waals surface area contributed by atoms with Gasteiger partial charge in [0.05, 0.1) is 12.6 Å². The molecule has 0 saturated heterocycles. The van der Waals surface area contributed by atoms with Gasteiger partial charge in [0.15, 0.2) is 0 Å². The fraction of sp³-hybridized carbons (Fsp3) is 0.424. The number of unbranched alkanes of at least 4 members (excludes halogenated alkanes) is 4. The van der Waals surface area contributed by atoms with Gasteiger partial charge in [-0.25, -0.2) is 4.57 Å². The predicted molar refractivity (Wildman–Crippen MR) is 171 cm³/mol. The molecule has 0 radical (unpaired) electrons. The SMILES string of the molecule is CCCCCCCC(=O)N[C@@H](COP(=O)(O)OCO[Si](c1ccccc1)(c1ccccc1)C(C)(C)C)c1ccccc1. The third-order valence-corrected chi connectivity index (χ3v) is 13.2. The molecule has 3 aromatic rings. The minimum Gasteiger partial charge on any atom is -0.384 e. The quantitative estimate of drug-likeness (QED) is 0.0749. The molecule has 0 bridgehead atoms. The van der Waals surface area contributed by atoms with Crippen molar-refractivity contribution < 1.29 is 27.7 Å². The summed E-state index contributed by atoms with van der Waals surface area (Å²) < 4.78 is 30.4. The van der Waals surface area contributed by atoms with Gasteiger partial charge in [-0.2, -0.15) is 0 Å². The molecule has 0 spiro atoms. The van der Waals surface area contributed by atoms with Crippen molar-refractivity contribution in [3.05, 3.63) is 96.6 Å². The molecule has 0 fully saturated rings. The molecule has 3 rings (SSSR count). The van der Waals surface area contributed by atoms with Gasteiger partial charge in [0, 0.05) is 6.42 Å². The van der Waals surface area contributed by atoms with E-state index in [1.165, 1.54) is 0 Å². The van der Waals surface area contributed by atoms with Crippen LogP contribution in [0.2, 0.25) is 5.04 Å². The lowest BCUT2D eigenvalue weighted by molar-refractivity contribution is -0.122. The molecular formula is C33H46NO6PSi. The molecule has 0 aliphatic carbocycles. The average Bonchev–Trinajstić information content (AvgIpc) is 2.98. The maximum absolute atomic E-state index is 13.1. The lowest BCUT2D eigenvalue weighted by Gasteiger charge is -2.42. The highest BCUT2D eigenvalue weighted by Crippen LogP contribution is 2.45. The number of phosphoric acid groups is 1. The van der Waals surface area contributed by atoms with Crippen molar-refractivity contribution in [2.24, 2.45) is 0 Å². The molecule has 0 aliphatic rings. The zero-order valence-electron chi connectivity index (χ0n) is 25.3. The second-order valence-corrected chi connectivity index (χ2v) is 17.3. The van der Waals surface area contributed by atoms with E-state index in [4.69, 9.17) is 13.5 Å². The maximum atomic E-state index is 13.1. The molecule has 1 unspecified atom stereocenters. The number of nitrogens with one attached hydrogen (secondary N) is 1. The van der Waals surface area contributed by atoms with Crippen LogP contribution in [0.3, 0.4) is 0 Å². The van der Waals surface area contributed by atoms with Gasteiger partial charge in [0.2, 0.25) is 5.91 Å². The van der Waals surface area contributed by atoms with E-state index in [2.05, 4.69) is 33.0 Å². The smallest absolute Gasteiger partial charge is 0.384 e. The number of phosphoric ester groups is 1. The van der Waals surface area contributed by atoms with Gasteiger partial charge in [0.25, 0.3) is 8.32 Å². The van der Waals surface area contributed by atoms with Crippen LogP contribution in [-0.2, 0) is 22.8 Å². The largest absolute Gasteiger partial charge is 0.474 e. The minimum atomic E-state index is -4.52. The second-order valence-electron chi connectivity index (χ2n) is 11.5. The summed E-state index contributed by atoms with van der Waals surface area (Å²) in [4.78, 5) is 23.3. The van der Waals surface area contributed by atoms with Crippen molar-refractivity contribution in [3.63, 3.8) is 0 Å². The predicted octanol–water partition coefficient (Wildman–Crippen LogP) is 6.87. The molecule has 7 nitrogen and oxygen atoms in total. The van der Waals surface area contributed by atoms with E-state index in [1.54, 1.807) is 0 Å². The Kier molecular flexibility index (Phi) is 13.2. The summed E-state index contributed by atoms with van der Waals surface area (Å²) in [6.07, 6.45) is 5.61. The van der Waals surface area contributed by atoms with Gasteiger partial charge in [-0.05, 0) is 27.4 Å². The summed E-state index contributed by atoms with van der Waals surface area (Å²) in [7, 11) is -7.48. The van der Waals surface area contributed by atoms with Crippen LogP contribution < -0.4 is 15.7 Å². The monoisotopic (exact) mass is 611 g/mol. The van der Waals surface area contributed by atoms with Crippen LogP contribution in [0.25, 0.3) is 0 Å². The second kappa shape index (κ2) is 16.3. The molecule has 0 aliphatic heterocycles. The number of amides is 1. The molecule has 228 valence electrons. The van der Waals surface area contributed by atoms with Crippen molar-refractivity contribution in [2.45, 2.75) is 77.3 Å². The van der Waals surface area contributed by atoms with E-state index < -0.39 is 29.0 Å². The summed E-state index contributed by atoms with van der Waals surface area (Å²) in [5, 5.41) is 4.70. The zero-order valence-corrected chi connectivity index (χ0v) is 27.2. The van der Waals surface area contributed by atoms with Gasteiger partial charge in [-0.3, -0.25) is 13.8 Å². The first-order chi connectivity index (χ1) is 20.1. The molecule has 2 N–H and O–H groups in total. The highest BCUT2D eigenvalue weighted by atomic mass is 31.2. The first-order valence-electron chi connectivity index (χ1n) is 14.8. The molecule has 0 aromatic heterocycles. The standard InChI is InChI=1S/C33H46NO6PSi/c1-5-6-7-8-18-25-32(35)34-31(28-19-12-9-13-20-28)26-38-41(36,37)39-27-40-42(33(2,3)4,29-21-14-10-15-22-29)30-23-16-11-17-24-30/h9-17,19-24,31H,5-8,18,25-27H2,1-4H3,(H,34,35)(H,36,37)/t31-/m0/s1. The van der Waals surface area contributed by atoms with Crippen LogP contribution >= 0.6 is 7.82 Å². The number of carbonyl (C=O) groups is 1. The third-order valence-electron chi connectivity index (χ3n) is 7.36. The van der Waals surface area contributed by atoms with Crippen molar-refractivity contribution in [1.29, 1.82) is 0 Å². The first kappa shape index (κ1) is 33.9. The molecule has 42 heavy (non-hydrogen) atoms. The Morgan fingerprint density at radius 3 is 1.88 bits per heavy atom. The highest BCUT2D eigenvalue weighted by molar-refractivity contribution is 7.47. The van der Waals surface area contributed by atoms with Gasteiger partial charge in [0.1, 0.15) is 6.79 Å². The van der Waals surface area contributed by atoms with Crippen LogP contribution in [0.5, 0.6) is 0 Å². The van der Waals surface area contributed by atoms with Crippen molar-refractivity contribution >= 4 is 32.4 Å². The third kappa shape index (κ3) is 9.73. The Hall–Kier alpha value is -2.58. The minimum absolute atomic E-state index is 0.118. The first-order valence-corrected chi connectivity index (χ1v) is 18.2. The lowest BCUT2D eigenvalue weighted by atomic mass is 10.1. The fourth-order valence-corrected chi connectivity index (χ4v) is 10.3. The van der Waals surface area contributed by atoms with E-state index >= 15 is 0 Å². The maximum Gasteiger partial charge on any atom is 0.474 e. The average molecular weight is 612 g/mol. The van der Waals surface area contributed by atoms with Gasteiger partial charge < -0.3 is 14.6 Å². The fourth-order valence-electron chi connectivity index (χ4n) is 5.21. The van der Waals surface area contributed by atoms with E-state index in [-0.39, 0.29) is 17.6 Å². The normalized spacial score (nSPS) is 14.2. The molecule has 0 saturated carbocycles. The molecule has 9 heteroatoms. The van der Waals surface area contributed by atoms with Crippen LogP contribution in [0.4, 0.5) is 0 Å². The molecular weight excluding hydrogens is 565 g/mol. The Morgan fingerprint density at radius 2 is 1.36 bits per heavy atom. The van der Waals surface area contributed by atoms with Crippen LogP contribution in [0.15, 0.2) is 91.0 Å². The molecule has 2 atom stereocenters. The van der Waals surface area contributed by atoms with Crippen LogP contribution in [0, 0.1) is 0 Å². The topological polar surface area (TPSA) is 94.1 Å². The van der Waals surface area contributed by atoms with Gasteiger partial charge in [-0.1, -0.05) is 144 Å². The van der Waals surface area contributed by atoms with E-state index in [0.29, 0.717) is 6.42 Å². The summed E-state index contributed by atoms with van der Waals surface area (Å²) in [5.74, 6) is -0.118.